The largest absolute Gasteiger partial charge is 0.410 e. The van der Waals surface area contributed by atoms with Crippen molar-refractivity contribution in [2.24, 2.45) is 5.16 Å². The summed E-state index contributed by atoms with van der Waals surface area (Å²) in [5.41, 5.74) is -0.681. The monoisotopic (exact) mass is 238 g/mol. The molecule has 1 amide bonds. The maximum Gasteiger partial charge on any atom is 0.273 e. The second-order valence-electron chi connectivity index (χ2n) is 4.55. The number of nitrogens with zero attached hydrogens (tertiary/aromatic N) is 4. The molecule has 0 saturated heterocycles. The summed E-state index contributed by atoms with van der Waals surface area (Å²) < 4.78 is 1.80. The van der Waals surface area contributed by atoms with Gasteiger partial charge in [-0.3, -0.25) is 4.79 Å². The van der Waals surface area contributed by atoms with Crippen molar-refractivity contribution in [1.82, 2.24) is 14.5 Å². The van der Waals surface area contributed by atoms with Crippen LogP contribution in [0, 0.1) is 6.92 Å². The van der Waals surface area contributed by atoms with Gasteiger partial charge in [0.2, 0.25) is 0 Å². The van der Waals surface area contributed by atoms with Crippen molar-refractivity contribution in [1.29, 1.82) is 0 Å². The van der Waals surface area contributed by atoms with E-state index in [1.807, 2.05) is 6.92 Å². The number of hydrogen-bond acceptors (Lipinski definition) is 4. The summed E-state index contributed by atoms with van der Waals surface area (Å²) >= 11 is 0. The fraction of sp³-hybridized carbons (Fsp3) is 0.545. The molecule has 6 heteroatoms. The maximum atomic E-state index is 11.9. The van der Waals surface area contributed by atoms with Gasteiger partial charge in [-0.2, -0.15) is 0 Å². The average Bonchev–Trinajstić information content (AvgIpc) is 2.65. The highest BCUT2D eigenvalue weighted by atomic mass is 16.4. The van der Waals surface area contributed by atoms with Gasteiger partial charge in [-0.25, -0.2) is 4.98 Å². The van der Waals surface area contributed by atoms with E-state index in [4.69, 9.17) is 5.21 Å². The Morgan fingerprint density at radius 3 is 2.47 bits per heavy atom. The van der Waals surface area contributed by atoms with E-state index in [9.17, 15) is 4.79 Å². The van der Waals surface area contributed by atoms with Gasteiger partial charge in [-0.05, 0) is 20.8 Å². The van der Waals surface area contributed by atoms with Crippen LogP contribution in [0.5, 0.6) is 0 Å². The van der Waals surface area contributed by atoms with E-state index >= 15 is 0 Å². The lowest BCUT2D eigenvalue weighted by atomic mass is 9.96. The smallest absolute Gasteiger partial charge is 0.273 e. The second-order valence-corrected chi connectivity index (χ2v) is 4.55. The summed E-state index contributed by atoms with van der Waals surface area (Å²) in [5.74, 6) is 0.424. The van der Waals surface area contributed by atoms with E-state index < -0.39 is 5.54 Å². The minimum absolute atomic E-state index is 0.0728. The molecule has 1 aromatic heterocycles. The fourth-order valence-electron chi connectivity index (χ4n) is 1.72. The van der Waals surface area contributed by atoms with E-state index in [0.29, 0.717) is 0 Å². The zero-order chi connectivity index (χ0) is 13.2. The molecule has 0 aliphatic rings. The number of hydrogen-bond donors (Lipinski definition) is 1. The molecule has 0 fully saturated rings. The lowest BCUT2D eigenvalue weighted by Gasteiger charge is -2.29. The van der Waals surface area contributed by atoms with Crippen LogP contribution in [0.15, 0.2) is 17.5 Å². The molecule has 17 heavy (non-hydrogen) atoms. The van der Waals surface area contributed by atoms with Crippen molar-refractivity contribution in [3.63, 3.8) is 0 Å². The zero-order valence-electron chi connectivity index (χ0n) is 10.8. The molecule has 1 aromatic rings. The number of oxime groups is 1. The van der Waals surface area contributed by atoms with Crippen LogP contribution in [0.3, 0.4) is 0 Å². The van der Waals surface area contributed by atoms with Crippen molar-refractivity contribution >= 4 is 11.6 Å². The third-order valence-electron chi connectivity index (χ3n) is 2.72. The normalized spacial score (nSPS) is 12.6. The minimum atomic E-state index is -0.753. The van der Waals surface area contributed by atoms with Crippen molar-refractivity contribution in [2.45, 2.75) is 26.3 Å². The summed E-state index contributed by atoms with van der Waals surface area (Å²) in [4.78, 5) is 17.4. The van der Waals surface area contributed by atoms with Gasteiger partial charge >= 0.3 is 0 Å². The van der Waals surface area contributed by atoms with Crippen LogP contribution < -0.4 is 0 Å². The molecule has 0 bridgehead atoms. The van der Waals surface area contributed by atoms with Crippen LogP contribution in [-0.4, -0.2) is 45.4 Å². The molecule has 0 saturated carbocycles. The van der Waals surface area contributed by atoms with E-state index in [0.717, 1.165) is 5.82 Å². The summed E-state index contributed by atoms with van der Waals surface area (Å²) in [6.07, 6.45) is 3.40. The molecule has 1 heterocycles. The van der Waals surface area contributed by atoms with Gasteiger partial charge in [0, 0.05) is 26.5 Å². The Hall–Kier alpha value is -1.85. The molecule has 0 atom stereocenters. The summed E-state index contributed by atoms with van der Waals surface area (Å²) in [6, 6.07) is 0. The summed E-state index contributed by atoms with van der Waals surface area (Å²) in [7, 11) is 3.23. The van der Waals surface area contributed by atoms with Crippen molar-refractivity contribution in [3.8, 4) is 0 Å². The molecular weight excluding hydrogens is 220 g/mol. The van der Waals surface area contributed by atoms with Crippen molar-refractivity contribution < 1.29 is 10.0 Å². The van der Waals surface area contributed by atoms with Gasteiger partial charge in [0.05, 0.1) is 5.54 Å². The highest BCUT2D eigenvalue weighted by Crippen LogP contribution is 2.20. The highest BCUT2D eigenvalue weighted by Gasteiger charge is 2.34. The lowest BCUT2D eigenvalue weighted by molar-refractivity contribution is -0.122. The van der Waals surface area contributed by atoms with Gasteiger partial charge in [0.25, 0.3) is 5.91 Å². The van der Waals surface area contributed by atoms with E-state index in [2.05, 4.69) is 10.1 Å². The van der Waals surface area contributed by atoms with Crippen LogP contribution >= 0.6 is 0 Å². The average molecular weight is 238 g/mol. The third-order valence-corrected chi connectivity index (χ3v) is 2.72. The molecule has 0 spiro atoms. The molecule has 0 aliphatic heterocycles. The Kier molecular flexibility index (Phi) is 3.55. The Balaban J connectivity index is 3.21. The first kappa shape index (κ1) is 13.2. The number of carbonyl (C=O) groups excluding carboxylic acids is 1. The van der Waals surface area contributed by atoms with Crippen LogP contribution in [0.2, 0.25) is 0 Å². The standard InChI is InChI=1S/C11H18N4O2/c1-8-12-6-7-15(8)11(2,3)9(13-17)10(16)14(4)5/h6-7,17H,1-5H3/b13-9-. The molecule has 0 unspecified atom stereocenters. The Labute approximate surface area is 101 Å². The second kappa shape index (κ2) is 4.57. The Morgan fingerprint density at radius 1 is 1.53 bits per heavy atom. The number of rotatable bonds is 3. The van der Waals surface area contributed by atoms with Gasteiger partial charge in [-0.1, -0.05) is 5.16 Å². The van der Waals surface area contributed by atoms with Gasteiger partial charge < -0.3 is 14.7 Å². The van der Waals surface area contributed by atoms with Crippen molar-refractivity contribution in [2.75, 3.05) is 14.1 Å². The molecule has 0 radical (unpaired) electrons. The summed E-state index contributed by atoms with van der Waals surface area (Å²) in [5, 5.41) is 12.2. The Morgan fingerprint density at radius 2 is 2.12 bits per heavy atom. The van der Waals surface area contributed by atoms with E-state index in [1.165, 1.54) is 4.90 Å². The first-order valence-electron chi connectivity index (χ1n) is 5.27. The molecule has 6 nitrogen and oxygen atoms in total. The SMILES string of the molecule is Cc1nccn1C(C)(C)/C(=N\O)C(=O)N(C)C. The molecule has 0 aliphatic carbocycles. The van der Waals surface area contributed by atoms with Crippen LogP contribution in [0.1, 0.15) is 19.7 Å². The zero-order valence-corrected chi connectivity index (χ0v) is 10.8. The number of aromatic nitrogens is 2. The predicted octanol–water partition coefficient (Wildman–Crippen LogP) is 0.845. The van der Waals surface area contributed by atoms with Gasteiger partial charge in [0.15, 0.2) is 5.71 Å². The van der Waals surface area contributed by atoms with Crippen LogP contribution in [0.4, 0.5) is 0 Å². The minimum Gasteiger partial charge on any atom is -0.410 e. The first-order valence-corrected chi connectivity index (χ1v) is 5.27. The molecular formula is C11H18N4O2. The van der Waals surface area contributed by atoms with E-state index in [1.54, 1.807) is 44.9 Å². The van der Waals surface area contributed by atoms with Crippen molar-refractivity contribution in [3.05, 3.63) is 18.2 Å². The third kappa shape index (κ3) is 2.30. The number of amides is 1. The number of carbonyl (C=O) groups is 1. The predicted molar refractivity (Wildman–Crippen MR) is 64.2 cm³/mol. The molecule has 1 N–H and O–H groups in total. The van der Waals surface area contributed by atoms with E-state index in [-0.39, 0.29) is 11.6 Å². The van der Waals surface area contributed by atoms with Gasteiger partial charge in [0.1, 0.15) is 5.82 Å². The van der Waals surface area contributed by atoms with Crippen LogP contribution in [-0.2, 0) is 10.3 Å². The number of imidazole rings is 1. The lowest BCUT2D eigenvalue weighted by Crippen LogP contribution is -2.45. The van der Waals surface area contributed by atoms with Crippen LogP contribution in [0.25, 0.3) is 0 Å². The molecule has 0 aromatic carbocycles. The topological polar surface area (TPSA) is 70.7 Å². The quantitative estimate of drug-likeness (QED) is 0.482. The fourth-order valence-corrected chi connectivity index (χ4v) is 1.72. The number of aryl methyl sites for hydroxylation is 1. The summed E-state index contributed by atoms with van der Waals surface area (Å²) in [6.45, 7) is 5.44. The molecule has 1 rings (SSSR count). The molecule has 94 valence electrons. The highest BCUT2D eigenvalue weighted by molar-refractivity contribution is 6.41. The first-order chi connectivity index (χ1) is 7.82. The maximum absolute atomic E-state index is 11.9. The van der Waals surface area contributed by atoms with Gasteiger partial charge in [-0.15, -0.1) is 0 Å². The Bertz CT molecular complexity index is 446.